The molecule has 1 aliphatic heterocycles. The molecule has 2 heteroatoms. The van der Waals surface area contributed by atoms with Crippen LogP contribution in [0.5, 0.6) is 0 Å². The summed E-state index contributed by atoms with van der Waals surface area (Å²) in [4.78, 5) is 6.65. The molecule has 0 bridgehead atoms. The summed E-state index contributed by atoms with van der Waals surface area (Å²) in [6.45, 7) is 0. The summed E-state index contributed by atoms with van der Waals surface area (Å²) >= 11 is 0. The second-order valence-electron chi connectivity index (χ2n) is 9.67. The first-order valence-corrected chi connectivity index (χ1v) is 13.2. The van der Waals surface area contributed by atoms with Crippen LogP contribution in [0.2, 0.25) is 0 Å². The van der Waals surface area contributed by atoms with Crippen molar-refractivity contribution in [2.45, 2.75) is 0 Å². The van der Waals surface area contributed by atoms with E-state index < -0.39 is 0 Å². The number of hydrogen-bond donors (Lipinski definition) is 0. The molecule has 0 N–H and O–H groups in total. The van der Waals surface area contributed by atoms with Crippen molar-refractivity contribution in [2.24, 2.45) is 4.99 Å². The SMILES string of the molecule is C1=CC(c2ccc(-c3c(-c4ccc(N(c5ccccc5)c5ccccc5)cc4)ccc4ccccc34)cc2)=N1. The Morgan fingerprint density at radius 1 is 0.436 bits per heavy atom. The first kappa shape index (κ1) is 22.9. The van der Waals surface area contributed by atoms with Gasteiger partial charge in [-0.3, -0.25) is 4.99 Å². The number of allylic oxidation sites excluding steroid dienone is 1. The summed E-state index contributed by atoms with van der Waals surface area (Å²) in [5.41, 5.74) is 10.4. The zero-order valence-corrected chi connectivity index (χ0v) is 21.4. The van der Waals surface area contributed by atoms with Crippen LogP contribution in [0.25, 0.3) is 33.0 Å². The van der Waals surface area contributed by atoms with Gasteiger partial charge < -0.3 is 4.90 Å². The Hall–Kier alpha value is -5.21. The van der Waals surface area contributed by atoms with E-state index in [1.165, 1.54) is 33.0 Å². The topological polar surface area (TPSA) is 15.6 Å². The molecule has 184 valence electrons. The molecule has 0 spiro atoms. The molecule has 0 aliphatic carbocycles. The van der Waals surface area contributed by atoms with Gasteiger partial charge in [0.15, 0.2) is 0 Å². The minimum Gasteiger partial charge on any atom is -0.311 e. The normalized spacial score (nSPS) is 12.2. The summed E-state index contributed by atoms with van der Waals surface area (Å²) in [7, 11) is 0. The van der Waals surface area contributed by atoms with Gasteiger partial charge in [-0.05, 0) is 75.5 Å². The molecule has 39 heavy (non-hydrogen) atoms. The molecule has 0 radical (unpaired) electrons. The molecule has 6 aromatic carbocycles. The summed E-state index contributed by atoms with van der Waals surface area (Å²) in [5, 5.41) is 2.49. The fourth-order valence-corrected chi connectivity index (χ4v) is 5.34. The first-order chi connectivity index (χ1) is 19.3. The van der Waals surface area contributed by atoms with Crippen LogP contribution >= 0.6 is 0 Å². The van der Waals surface area contributed by atoms with E-state index in [2.05, 4.69) is 155 Å². The number of para-hydroxylation sites is 2. The van der Waals surface area contributed by atoms with E-state index >= 15 is 0 Å². The monoisotopic (exact) mass is 498 g/mol. The highest BCUT2D eigenvalue weighted by atomic mass is 15.1. The van der Waals surface area contributed by atoms with Gasteiger partial charge in [0.25, 0.3) is 0 Å². The average Bonchev–Trinajstić information content (AvgIpc) is 2.98. The lowest BCUT2D eigenvalue weighted by atomic mass is 9.89. The Balaban J connectivity index is 1.33. The van der Waals surface area contributed by atoms with Crippen molar-refractivity contribution >= 4 is 33.5 Å². The Labute approximate surface area is 228 Å². The average molecular weight is 499 g/mol. The van der Waals surface area contributed by atoms with E-state index in [0.29, 0.717) is 0 Å². The second kappa shape index (κ2) is 9.92. The van der Waals surface area contributed by atoms with Gasteiger partial charge >= 0.3 is 0 Å². The predicted molar refractivity (Wildman–Crippen MR) is 165 cm³/mol. The van der Waals surface area contributed by atoms with Crippen LogP contribution in [0, 0.1) is 0 Å². The number of hydrogen-bond acceptors (Lipinski definition) is 2. The minimum atomic E-state index is 1.04. The molecule has 0 amide bonds. The number of anilines is 3. The maximum atomic E-state index is 4.36. The number of fused-ring (bicyclic) bond motifs is 1. The largest absolute Gasteiger partial charge is 0.311 e. The van der Waals surface area contributed by atoms with Crippen LogP contribution < -0.4 is 4.90 Å². The van der Waals surface area contributed by atoms with Crippen LogP contribution in [-0.4, -0.2) is 5.71 Å². The zero-order valence-electron chi connectivity index (χ0n) is 21.4. The molecule has 0 fully saturated rings. The third kappa shape index (κ3) is 4.32. The third-order valence-corrected chi connectivity index (χ3v) is 7.31. The van der Waals surface area contributed by atoms with Crippen molar-refractivity contribution in [1.82, 2.24) is 0 Å². The molecule has 0 saturated carbocycles. The molecule has 6 aromatic rings. The van der Waals surface area contributed by atoms with Crippen molar-refractivity contribution in [3.05, 3.63) is 163 Å². The summed E-state index contributed by atoms with van der Waals surface area (Å²) < 4.78 is 0. The summed E-state index contributed by atoms with van der Waals surface area (Å²) in [6.07, 6.45) is 3.89. The van der Waals surface area contributed by atoms with Crippen molar-refractivity contribution in [3.8, 4) is 22.3 Å². The minimum absolute atomic E-state index is 1.04. The second-order valence-corrected chi connectivity index (χ2v) is 9.67. The van der Waals surface area contributed by atoms with Gasteiger partial charge in [-0.1, -0.05) is 109 Å². The fraction of sp³-hybridized carbons (Fsp3) is 0. The summed E-state index contributed by atoms with van der Waals surface area (Å²) in [6, 6.07) is 51.9. The zero-order chi connectivity index (χ0) is 26.0. The number of rotatable bonds is 6. The highest BCUT2D eigenvalue weighted by Crippen LogP contribution is 2.40. The third-order valence-electron chi connectivity index (χ3n) is 7.31. The maximum absolute atomic E-state index is 4.36. The molecular weight excluding hydrogens is 472 g/mol. The van der Waals surface area contributed by atoms with Gasteiger partial charge in [-0.25, -0.2) is 0 Å². The van der Waals surface area contributed by atoms with Crippen LogP contribution in [0.15, 0.2) is 163 Å². The Morgan fingerprint density at radius 3 is 1.59 bits per heavy atom. The molecule has 0 aromatic heterocycles. The van der Waals surface area contributed by atoms with Crippen LogP contribution in [0.4, 0.5) is 17.1 Å². The van der Waals surface area contributed by atoms with E-state index in [1.807, 2.05) is 12.3 Å². The highest BCUT2D eigenvalue weighted by molar-refractivity contribution is 6.12. The molecule has 0 saturated heterocycles. The Bertz CT molecular complexity index is 1780. The lowest BCUT2D eigenvalue weighted by Crippen LogP contribution is -2.09. The Kier molecular flexibility index (Phi) is 5.84. The fourth-order valence-electron chi connectivity index (χ4n) is 5.34. The summed E-state index contributed by atoms with van der Waals surface area (Å²) in [5.74, 6) is 0. The van der Waals surface area contributed by atoms with Gasteiger partial charge in [0.05, 0.1) is 5.71 Å². The number of benzene rings is 6. The molecule has 2 nitrogen and oxygen atoms in total. The van der Waals surface area contributed by atoms with Crippen molar-refractivity contribution < 1.29 is 0 Å². The van der Waals surface area contributed by atoms with Crippen LogP contribution in [0.3, 0.4) is 0 Å². The van der Waals surface area contributed by atoms with Crippen LogP contribution in [-0.2, 0) is 0 Å². The lowest BCUT2D eigenvalue weighted by Gasteiger charge is -2.25. The van der Waals surface area contributed by atoms with Gasteiger partial charge in [-0.15, -0.1) is 0 Å². The van der Waals surface area contributed by atoms with Crippen LogP contribution in [0.1, 0.15) is 5.56 Å². The maximum Gasteiger partial charge on any atom is 0.0717 e. The number of aliphatic imine (C=N–C) groups is 1. The predicted octanol–water partition coefficient (Wildman–Crippen LogP) is 9.96. The van der Waals surface area contributed by atoms with Crippen molar-refractivity contribution in [1.29, 1.82) is 0 Å². The van der Waals surface area contributed by atoms with Gasteiger partial charge in [-0.2, -0.15) is 0 Å². The number of nitrogens with zero attached hydrogens (tertiary/aromatic N) is 2. The van der Waals surface area contributed by atoms with Gasteiger partial charge in [0.2, 0.25) is 0 Å². The lowest BCUT2D eigenvalue weighted by molar-refractivity contribution is 1.28. The van der Waals surface area contributed by atoms with Gasteiger partial charge in [0, 0.05) is 28.8 Å². The van der Waals surface area contributed by atoms with E-state index in [4.69, 9.17) is 0 Å². The molecule has 1 heterocycles. The van der Waals surface area contributed by atoms with E-state index in [9.17, 15) is 0 Å². The van der Waals surface area contributed by atoms with Gasteiger partial charge in [0.1, 0.15) is 0 Å². The van der Waals surface area contributed by atoms with Crippen molar-refractivity contribution in [2.75, 3.05) is 4.90 Å². The Morgan fingerprint density at radius 2 is 0.974 bits per heavy atom. The molecule has 1 aliphatic rings. The standard InChI is InChI=1S/C37H26N2/c1-3-10-31(11-4-1)39(32-12-5-2-6-13-32)33-22-19-28(20-23-33)35-24-21-27-9-7-8-14-34(27)37(35)30-17-15-29(16-18-30)36-25-26-38-36/h1-26H. The first-order valence-electron chi connectivity index (χ1n) is 13.2. The molecule has 7 rings (SSSR count). The molecule has 0 atom stereocenters. The van der Waals surface area contributed by atoms with E-state index in [0.717, 1.165) is 28.3 Å². The van der Waals surface area contributed by atoms with E-state index in [-0.39, 0.29) is 0 Å². The molecular formula is C37H26N2. The molecule has 0 unspecified atom stereocenters. The quantitative estimate of drug-likeness (QED) is 0.223. The van der Waals surface area contributed by atoms with E-state index in [1.54, 1.807) is 0 Å². The van der Waals surface area contributed by atoms with Crippen molar-refractivity contribution in [3.63, 3.8) is 0 Å². The highest BCUT2D eigenvalue weighted by Gasteiger charge is 2.15. The smallest absolute Gasteiger partial charge is 0.0717 e.